The predicted octanol–water partition coefficient (Wildman–Crippen LogP) is 1.23. The lowest BCUT2D eigenvalue weighted by atomic mass is 10.3. The van der Waals surface area contributed by atoms with Crippen molar-refractivity contribution in [2.75, 3.05) is 5.73 Å². The first-order valence-electron chi connectivity index (χ1n) is 5.83. The number of aromatic nitrogens is 3. The average molecular weight is 334 g/mol. The average Bonchev–Trinajstić information content (AvgIpc) is 2.79. The molecule has 0 saturated carbocycles. The summed E-state index contributed by atoms with van der Waals surface area (Å²) in [6.45, 7) is 1.56. The Morgan fingerprint density at radius 3 is 2.71 bits per heavy atom. The van der Waals surface area contributed by atoms with E-state index >= 15 is 0 Å². The van der Waals surface area contributed by atoms with E-state index < -0.39 is 26.8 Å². The molecule has 1 heterocycles. The Morgan fingerprint density at radius 1 is 1.48 bits per heavy atom. The van der Waals surface area contributed by atoms with Gasteiger partial charge in [-0.15, -0.1) is 10.2 Å². The highest BCUT2D eigenvalue weighted by molar-refractivity contribution is 7.89. The molecule has 1 aromatic carbocycles. The zero-order chi connectivity index (χ0) is 15.8. The van der Waals surface area contributed by atoms with Gasteiger partial charge < -0.3 is 10.3 Å². The topological polar surface area (TPSA) is 103 Å². The first-order valence-corrected chi connectivity index (χ1v) is 7.69. The van der Waals surface area contributed by atoms with Crippen LogP contribution in [0.5, 0.6) is 0 Å². The van der Waals surface area contributed by atoms with Crippen molar-refractivity contribution in [3.8, 4) is 0 Å². The summed E-state index contributed by atoms with van der Waals surface area (Å²) in [5, 5.41) is 7.09. The van der Waals surface area contributed by atoms with Crippen molar-refractivity contribution in [1.29, 1.82) is 0 Å². The molecular weight excluding hydrogens is 321 g/mol. The number of benzene rings is 1. The molecule has 2 aromatic rings. The highest BCUT2D eigenvalue weighted by Gasteiger charge is 2.25. The van der Waals surface area contributed by atoms with Crippen molar-refractivity contribution in [2.45, 2.75) is 17.9 Å². The molecule has 0 spiro atoms. The van der Waals surface area contributed by atoms with Crippen LogP contribution >= 0.6 is 11.6 Å². The molecule has 0 aliphatic heterocycles. The fourth-order valence-corrected chi connectivity index (χ4v) is 3.43. The van der Waals surface area contributed by atoms with Crippen LogP contribution < -0.4 is 10.5 Å². The Kier molecular flexibility index (Phi) is 4.17. The summed E-state index contributed by atoms with van der Waals surface area (Å²) in [7, 11) is -2.48. The van der Waals surface area contributed by atoms with Gasteiger partial charge in [-0.05, 0) is 19.1 Å². The van der Waals surface area contributed by atoms with Gasteiger partial charge in [-0.1, -0.05) is 11.6 Å². The van der Waals surface area contributed by atoms with Gasteiger partial charge in [0.25, 0.3) is 0 Å². The zero-order valence-corrected chi connectivity index (χ0v) is 12.8. The Balaban J connectivity index is 2.38. The molecule has 0 bridgehead atoms. The summed E-state index contributed by atoms with van der Waals surface area (Å²) in [6.07, 6.45) is 1.43. The van der Waals surface area contributed by atoms with Crippen LogP contribution in [-0.2, 0) is 17.1 Å². The molecule has 0 radical (unpaired) electrons. The van der Waals surface area contributed by atoms with Gasteiger partial charge in [0.1, 0.15) is 17.0 Å². The molecule has 114 valence electrons. The summed E-state index contributed by atoms with van der Waals surface area (Å²) in [6, 6.07) is 1.44. The number of rotatable bonds is 4. The third kappa shape index (κ3) is 3.14. The predicted molar refractivity (Wildman–Crippen MR) is 75.6 cm³/mol. The molecule has 0 aliphatic carbocycles. The molecule has 0 saturated heterocycles. The van der Waals surface area contributed by atoms with Gasteiger partial charge in [0.2, 0.25) is 10.0 Å². The van der Waals surface area contributed by atoms with Crippen molar-refractivity contribution < 1.29 is 12.8 Å². The molecule has 10 heteroatoms. The maximum Gasteiger partial charge on any atom is 0.244 e. The highest BCUT2D eigenvalue weighted by atomic mass is 35.5. The van der Waals surface area contributed by atoms with Crippen LogP contribution in [0.3, 0.4) is 0 Å². The first-order chi connectivity index (χ1) is 9.72. The van der Waals surface area contributed by atoms with Crippen LogP contribution in [0.25, 0.3) is 0 Å². The van der Waals surface area contributed by atoms with Gasteiger partial charge in [-0.3, -0.25) is 0 Å². The highest BCUT2D eigenvalue weighted by Crippen LogP contribution is 2.26. The molecule has 1 unspecified atom stereocenters. The number of nitrogens with zero attached hydrogens (tertiary/aromatic N) is 3. The van der Waals surface area contributed by atoms with Gasteiger partial charge in [-0.2, -0.15) is 0 Å². The molecule has 2 rings (SSSR count). The van der Waals surface area contributed by atoms with E-state index in [0.29, 0.717) is 5.82 Å². The maximum atomic E-state index is 13.9. The fraction of sp³-hybridized carbons (Fsp3) is 0.273. The quantitative estimate of drug-likeness (QED) is 0.819. The van der Waals surface area contributed by atoms with Crippen LogP contribution in [0, 0.1) is 5.82 Å². The van der Waals surface area contributed by atoms with Crippen molar-refractivity contribution >= 4 is 27.3 Å². The summed E-state index contributed by atoms with van der Waals surface area (Å²) in [5.74, 6) is -0.669. The van der Waals surface area contributed by atoms with E-state index in [1.54, 1.807) is 18.5 Å². The lowest BCUT2D eigenvalue weighted by Crippen LogP contribution is -2.29. The number of anilines is 1. The number of aryl methyl sites for hydroxylation is 1. The van der Waals surface area contributed by atoms with Gasteiger partial charge >= 0.3 is 0 Å². The third-order valence-corrected chi connectivity index (χ3v) is 4.59. The van der Waals surface area contributed by atoms with Gasteiger partial charge in [0.05, 0.1) is 11.1 Å². The lowest BCUT2D eigenvalue weighted by molar-refractivity contribution is 0.538. The molecule has 7 nitrogen and oxygen atoms in total. The van der Waals surface area contributed by atoms with Crippen LogP contribution in [0.2, 0.25) is 5.02 Å². The molecule has 21 heavy (non-hydrogen) atoms. The largest absolute Gasteiger partial charge is 0.399 e. The normalized spacial score (nSPS) is 13.3. The zero-order valence-electron chi connectivity index (χ0n) is 11.2. The number of nitrogens with one attached hydrogen (secondary N) is 1. The molecule has 0 amide bonds. The molecule has 0 fully saturated rings. The summed E-state index contributed by atoms with van der Waals surface area (Å²) in [5.41, 5.74) is 5.55. The first kappa shape index (κ1) is 15.7. The van der Waals surface area contributed by atoms with Crippen molar-refractivity contribution in [3.05, 3.63) is 35.1 Å². The van der Waals surface area contributed by atoms with E-state index in [1.165, 1.54) is 6.33 Å². The number of nitrogen functional groups attached to an aromatic ring is 1. The van der Waals surface area contributed by atoms with E-state index in [2.05, 4.69) is 14.9 Å². The standard InChI is InChI=1S/C11H13ClFN5O2S/c1-6(11-16-15-5-18(11)2)17-21(19,20)9-4-7(14)3-8(12)10(9)13/h3-6,17H,14H2,1-2H3. The summed E-state index contributed by atoms with van der Waals surface area (Å²) < 4.78 is 42.3. The number of halogens is 2. The second kappa shape index (κ2) is 5.58. The van der Waals surface area contributed by atoms with Crippen LogP contribution in [0.15, 0.2) is 23.4 Å². The third-order valence-electron chi connectivity index (χ3n) is 2.77. The molecular formula is C11H13ClFN5O2S. The van der Waals surface area contributed by atoms with Crippen molar-refractivity contribution in [2.24, 2.45) is 7.05 Å². The second-order valence-electron chi connectivity index (χ2n) is 4.46. The smallest absolute Gasteiger partial charge is 0.244 e. The van der Waals surface area contributed by atoms with Gasteiger partial charge in [0.15, 0.2) is 5.82 Å². The summed E-state index contributed by atoms with van der Waals surface area (Å²) in [4.78, 5) is -0.610. The Morgan fingerprint density at radius 2 is 2.14 bits per heavy atom. The Hall–Kier alpha value is -1.71. The lowest BCUT2D eigenvalue weighted by Gasteiger charge is -2.14. The maximum absolute atomic E-state index is 13.9. The summed E-state index contributed by atoms with van der Waals surface area (Å²) >= 11 is 5.61. The fourth-order valence-electron chi connectivity index (χ4n) is 1.81. The van der Waals surface area contributed by atoms with Crippen molar-refractivity contribution in [1.82, 2.24) is 19.5 Å². The number of hydrogen-bond acceptors (Lipinski definition) is 5. The second-order valence-corrected chi connectivity index (χ2v) is 6.55. The van der Waals surface area contributed by atoms with Crippen molar-refractivity contribution in [3.63, 3.8) is 0 Å². The number of hydrogen-bond donors (Lipinski definition) is 2. The minimum atomic E-state index is -4.15. The van der Waals surface area contributed by atoms with Crippen LogP contribution in [0.4, 0.5) is 10.1 Å². The Bertz CT molecular complexity index is 777. The minimum Gasteiger partial charge on any atom is -0.399 e. The minimum absolute atomic E-state index is 0.0492. The molecule has 3 N–H and O–H groups in total. The van der Waals surface area contributed by atoms with Gasteiger partial charge in [0, 0.05) is 12.7 Å². The Labute approximate surface area is 126 Å². The van der Waals surface area contributed by atoms with Gasteiger partial charge in [-0.25, -0.2) is 17.5 Å². The molecule has 1 atom stereocenters. The molecule has 1 aromatic heterocycles. The van der Waals surface area contributed by atoms with E-state index in [9.17, 15) is 12.8 Å². The number of sulfonamides is 1. The van der Waals surface area contributed by atoms with E-state index in [4.69, 9.17) is 17.3 Å². The van der Waals surface area contributed by atoms with E-state index in [-0.39, 0.29) is 10.7 Å². The van der Waals surface area contributed by atoms with E-state index in [0.717, 1.165) is 12.1 Å². The van der Waals surface area contributed by atoms with Crippen LogP contribution in [0.1, 0.15) is 18.8 Å². The number of nitrogens with two attached hydrogens (primary N) is 1. The monoisotopic (exact) mass is 333 g/mol. The van der Waals surface area contributed by atoms with Crippen LogP contribution in [-0.4, -0.2) is 23.2 Å². The molecule has 0 aliphatic rings. The SMILES string of the molecule is CC(NS(=O)(=O)c1cc(N)cc(Cl)c1F)c1nncn1C. The van der Waals surface area contributed by atoms with E-state index in [1.807, 2.05) is 0 Å².